The van der Waals surface area contributed by atoms with Gasteiger partial charge in [0.2, 0.25) is 0 Å². The molecule has 0 amide bonds. The van der Waals surface area contributed by atoms with Crippen LogP contribution in [0.15, 0.2) is 0 Å². The van der Waals surface area contributed by atoms with Gasteiger partial charge in [-0.1, -0.05) is 0 Å². The Bertz CT molecular complexity index is 222. The Balaban J connectivity index is 2.25. The monoisotopic (exact) mass is 176 g/mol. The van der Waals surface area contributed by atoms with Crippen molar-refractivity contribution in [1.82, 2.24) is 0 Å². The highest BCUT2D eigenvalue weighted by atomic mass is 16.4. The first-order chi connectivity index (χ1) is 5.40. The molecule has 2 aliphatic rings. The molecule has 4 atom stereocenters. The molecule has 0 aromatic heterocycles. The fraction of sp³-hybridized carbons (Fsp3) is 1.00. The number of hydrogen-bond donors (Lipinski definition) is 5. The maximum Gasteiger partial charge on any atom is 0.129 e. The van der Waals surface area contributed by atoms with Crippen molar-refractivity contribution in [2.24, 2.45) is 0 Å². The van der Waals surface area contributed by atoms with Gasteiger partial charge in [-0.2, -0.15) is 0 Å². The van der Waals surface area contributed by atoms with Crippen molar-refractivity contribution < 1.29 is 25.5 Å². The van der Waals surface area contributed by atoms with E-state index >= 15 is 0 Å². The molecule has 0 spiro atoms. The van der Waals surface area contributed by atoms with Crippen molar-refractivity contribution in [2.45, 2.75) is 35.7 Å². The second-order valence-electron chi connectivity index (χ2n) is 3.87. The summed E-state index contributed by atoms with van der Waals surface area (Å²) in [6.07, 6.45) is -1.25. The normalized spacial score (nSPS) is 63.2. The molecule has 0 aromatic rings. The van der Waals surface area contributed by atoms with Gasteiger partial charge in [0, 0.05) is 12.8 Å². The number of fused-ring (bicyclic) bond motifs is 1. The molecule has 0 aromatic carbocycles. The van der Waals surface area contributed by atoms with E-state index in [9.17, 15) is 15.3 Å². The molecule has 0 saturated heterocycles. The summed E-state index contributed by atoms with van der Waals surface area (Å²) in [6, 6.07) is 0. The lowest BCUT2D eigenvalue weighted by Gasteiger charge is -2.71. The largest absolute Gasteiger partial charge is 0.393 e. The third-order valence-electron chi connectivity index (χ3n) is 3.35. The predicted octanol–water partition coefficient (Wildman–Crippen LogP) is -2.66. The molecule has 2 saturated carbocycles. The Morgan fingerprint density at radius 3 is 2.08 bits per heavy atom. The Morgan fingerprint density at radius 2 is 1.83 bits per heavy atom. The van der Waals surface area contributed by atoms with Crippen LogP contribution in [0.1, 0.15) is 12.8 Å². The summed E-state index contributed by atoms with van der Waals surface area (Å²) in [4.78, 5) is 0. The van der Waals surface area contributed by atoms with Crippen LogP contribution >= 0.6 is 0 Å². The maximum absolute atomic E-state index is 9.60. The molecular weight excluding hydrogens is 164 g/mol. The van der Waals surface area contributed by atoms with Gasteiger partial charge in [-0.15, -0.1) is 0 Å². The molecule has 5 heteroatoms. The van der Waals surface area contributed by atoms with Crippen LogP contribution in [0, 0.1) is 0 Å². The fourth-order valence-electron chi connectivity index (χ4n) is 2.30. The summed E-state index contributed by atoms with van der Waals surface area (Å²) in [6.45, 7) is -0.599. The van der Waals surface area contributed by atoms with Crippen LogP contribution in [0.25, 0.3) is 0 Å². The molecule has 2 fully saturated rings. The zero-order valence-electron chi connectivity index (χ0n) is 6.43. The van der Waals surface area contributed by atoms with Gasteiger partial charge in [0.25, 0.3) is 0 Å². The van der Waals surface area contributed by atoms with Crippen molar-refractivity contribution in [3.63, 3.8) is 0 Å². The smallest absolute Gasteiger partial charge is 0.129 e. The average molecular weight is 176 g/mol. The van der Waals surface area contributed by atoms with Crippen LogP contribution < -0.4 is 0 Å². The molecule has 1 unspecified atom stereocenters. The van der Waals surface area contributed by atoms with E-state index in [2.05, 4.69) is 0 Å². The molecule has 0 bridgehead atoms. The molecule has 70 valence electrons. The third-order valence-corrected chi connectivity index (χ3v) is 3.35. The van der Waals surface area contributed by atoms with Crippen molar-refractivity contribution in [3.8, 4) is 0 Å². The summed E-state index contributed by atoms with van der Waals surface area (Å²) in [5, 5.41) is 46.4. The lowest BCUT2D eigenvalue weighted by atomic mass is 9.42. The van der Waals surface area contributed by atoms with Crippen molar-refractivity contribution in [2.75, 3.05) is 6.61 Å². The molecule has 0 heterocycles. The predicted molar refractivity (Wildman–Crippen MR) is 37.2 cm³/mol. The summed E-state index contributed by atoms with van der Waals surface area (Å²) >= 11 is 0. The second kappa shape index (κ2) is 1.83. The minimum absolute atomic E-state index is 0.0828. The van der Waals surface area contributed by atoms with E-state index in [-0.39, 0.29) is 12.8 Å². The summed E-state index contributed by atoms with van der Waals surface area (Å²) in [5.74, 6) is 0. The molecule has 0 radical (unpaired) electrons. The number of rotatable bonds is 1. The lowest BCUT2D eigenvalue weighted by Crippen LogP contribution is -2.91. The van der Waals surface area contributed by atoms with Crippen molar-refractivity contribution in [3.05, 3.63) is 0 Å². The average Bonchev–Trinajstić information content (AvgIpc) is 2.04. The standard InChI is InChI=1S/C7H12O5/c8-3-5(10)2-6(11)4(9)1-7(5,6)12/h4,8-12H,1-3H2/t4?,5-,6+,7+/m0/s1. The van der Waals surface area contributed by atoms with Gasteiger partial charge in [0.1, 0.15) is 16.8 Å². The van der Waals surface area contributed by atoms with E-state index in [0.29, 0.717) is 0 Å². The van der Waals surface area contributed by atoms with Gasteiger partial charge in [-0.25, -0.2) is 0 Å². The number of hydrogen-bond acceptors (Lipinski definition) is 5. The molecule has 5 nitrogen and oxygen atoms in total. The van der Waals surface area contributed by atoms with Gasteiger partial charge in [-0.3, -0.25) is 0 Å². The van der Waals surface area contributed by atoms with Crippen LogP contribution in [-0.2, 0) is 0 Å². The van der Waals surface area contributed by atoms with E-state index in [4.69, 9.17) is 10.2 Å². The fourth-order valence-corrected chi connectivity index (χ4v) is 2.30. The van der Waals surface area contributed by atoms with Gasteiger partial charge in [0.05, 0.1) is 12.7 Å². The first kappa shape index (κ1) is 8.40. The zero-order chi connectivity index (χ0) is 9.20. The number of aliphatic hydroxyl groups excluding tert-OH is 2. The van der Waals surface area contributed by atoms with Crippen LogP contribution in [0.2, 0.25) is 0 Å². The van der Waals surface area contributed by atoms with Crippen molar-refractivity contribution >= 4 is 0 Å². The first-order valence-electron chi connectivity index (χ1n) is 3.86. The summed E-state index contributed by atoms with van der Waals surface area (Å²) in [5.41, 5.74) is -4.96. The highest BCUT2D eigenvalue weighted by Gasteiger charge is 2.82. The van der Waals surface area contributed by atoms with Crippen LogP contribution in [0.4, 0.5) is 0 Å². The Morgan fingerprint density at radius 1 is 1.25 bits per heavy atom. The van der Waals surface area contributed by atoms with Gasteiger partial charge in [-0.05, 0) is 0 Å². The molecule has 12 heavy (non-hydrogen) atoms. The van der Waals surface area contributed by atoms with Gasteiger partial charge < -0.3 is 25.5 Å². The molecular formula is C7H12O5. The topological polar surface area (TPSA) is 101 Å². The Hall–Kier alpha value is -0.200. The molecule has 0 aliphatic heterocycles. The zero-order valence-corrected chi connectivity index (χ0v) is 6.43. The van der Waals surface area contributed by atoms with E-state index in [1.807, 2.05) is 0 Å². The SMILES string of the molecule is OC[C@@]1(O)C[C@@]2(O)C(O)C[C@@]12O. The Kier molecular flexibility index (Phi) is 1.28. The molecule has 5 N–H and O–H groups in total. The Labute approximate surface area is 68.9 Å². The van der Waals surface area contributed by atoms with Gasteiger partial charge in [0.15, 0.2) is 0 Å². The maximum atomic E-state index is 9.60. The van der Waals surface area contributed by atoms with Crippen LogP contribution in [-0.4, -0.2) is 55.0 Å². The van der Waals surface area contributed by atoms with E-state index in [1.165, 1.54) is 0 Å². The summed E-state index contributed by atoms with van der Waals surface area (Å²) in [7, 11) is 0. The molecule has 2 aliphatic carbocycles. The van der Waals surface area contributed by atoms with Gasteiger partial charge >= 0.3 is 0 Å². The van der Waals surface area contributed by atoms with Crippen molar-refractivity contribution in [1.29, 1.82) is 0 Å². The van der Waals surface area contributed by atoms with E-state index in [1.54, 1.807) is 0 Å². The van der Waals surface area contributed by atoms with Crippen LogP contribution in [0.3, 0.4) is 0 Å². The van der Waals surface area contributed by atoms with E-state index in [0.717, 1.165) is 0 Å². The lowest BCUT2D eigenvalue weighted by molar-refractivity contribution is -0.423. The highest BCUT2D eigenvalue weighted by Crippen LogP contribution is 2.62. The molecule has 2 rings (SSSR count). The quantitative estimate of drug-likeness (QED) is 0.300. The van der Waals surface area contributed by atoms with E-state index < -0.39 is 29.5 Å². The minimum atomic E-state index is -1.71. The van der Waals surface area contributed by atoms with Crippen LogP contribution in [0.5, 0.6) is 0 Å². The first-order valence-corrected chi connectivity index (χ1v) is 3.86. The highest BCUT2D eigenvalue weighted by molar-refractivity contribution is 5.34. The third kappa shape index (κ3) is 0.531. The minimum Gasteiger partial charge on any atom is -0.393 e. The number of aliphatic hydroxyl groups is 5. The summed E-state index contributed by atoms with van der Waals surface area (Å²) < 4.78 is 0. The second-order valence-corrected chi connectivity index (χ2v) is 3.87.